The molecule has 0 N–H and O–H groups in total. The summed E-state index contributed by atoms with van der Waals surface area (Å²) in [5.41, 5.74) is 0.546. The number of nitrogens with zero attached hydrogens (tertiary/aromatic N) is 2. The lowest BCUT2D eigenvalue weighted by atomic mass is 9.94. The minimum atomic E-state index is -0.394. The van der Waals surface area contributed by atoms with Gasteiger partial charge in [0.05, 0.1) is 11.2 Å². The number of rotatable bonds is 3. The third-order valence-corrected chi connectivity index (χ3v) is 3.82. The quantitative estimate of drug-likeness (QED) is 0.840. The molecular weight excluding hydrogens is 243 g/mol. The van der Waals surface area contributed by atoms with Crippen molar-refractivity contribution in [1.82, 2.24) is 4.90 Å². The summed E-state index contributed by atoms with van der Waals surface area (Å²) in [5, 5.41) is 8.85. The van der Waals surface area contributed by atoms with Gasteiger partial charge in [0.25, 0.3) is 0 Å². The largest absolute Gasteiger partial charge is 0.377 e. The molecule has 0 radical (unpaired) electrons. The molecule has 19 heavy (non-hydrogen) atoms. The molecule has 1 unspecified atom stereocenters. The fourth-order valence-corrected chi connectivity index (χ4v) is 2.64. The molecule has 0 aromatic heterocycles. The Labute approximate surface area is 113 Å². The Hall–Kier alpha value is -1.44. The fourth-order valence-electron chi connectivity index (χ4n) is 2.64. The molecule has 1 aliphatic heterocycles. The van der Waals surface area contributed by atoms with Crippen molar-refractivity contribution in [3.8, 4) is 6.07 Å². The molecule has 0 saturated carbocycles. The molecule has 1 fully saturated rings. The number of likely N-dealkylation sites (tertiary alicyclic amines) is 1. The van der Waals surface area contributed by atoms with E-state index in [4.69, 9.17) is 10.00 Å². The monoisotopic (exact) mass is 262 g/mol. The SMILES string of the molecule is COC1(C)CCCN(Cc2cccc(C#N)c2F)C1. The van der Waals surface area contributed by atoms with Crippen LogP contribution in [-0.4, -0.2) is 30.7 Å². The third kappa shape index (κ3) is 3.12. The molecule has 1 heterocycles. The Balaban J connectivity index is 2.12. The summed E-state index contributed by atoms with van der Waals surface area (Å²) >= 11 is 0. The number of piperidine rings is 1. The van der Waals surface area contributed by atoms with Gasteiger partial charge in [-0.05, 0) is 32.4 Å². The van der Waals surface area contributed by atoms with Gasteiger partial charge in [-0.15, -0.1) is 0 Å². The maximum Gasteiger partial charge on any atom is 0.145 e. The van der Waals surface area contributed by atoms with E-state index >= 15 is 0 Å². The summed E-state index contributed by atoms with van der Waals surface area (Å²) in [6.45, 7) is 4.34. The minimum absolute atomic E-state index is 0.115. The highest BCUT2D eigenvalue weighted by molar-refractivity contribution is 5.34. The van der Waals surface area contributed by atoms with Crippen LogP contribution in [0, 0.1) is 17.1 Å². The van der Waals surface area contributed by atoms with Crippen LogP contribution in [-0.2, 0) is 11.3 Å². The van der Waals surface area contributed by atoms with Gasteiger partial charge in [0.2, 0.25) is 0 Å². The molecule has 1 aromatic rings. The van der Waals surface area contributed by atoms with Gasteiger partial charge in [-0.2, -0.15) is 5.26 Å². The average molecular weight is 262 g/mol. The molecule has 1 atom stereocenters. The van der Waals surface area contributed by atoms with Crippen LogP contribution in [0.3, 0.4) is 0 Å². The lowest BCUT2D eigenvalue weighted by molar-refractivity contribution is -0.0528. The van der Waals surface area contributed by atoms with E-state index in [1.54, 1.807) is 19.2 Å². The van der Waals surface area contributed by atoms with Crippen LogP contribution in [0.4, 0.5) is 4.39 Å². The van der Waals surface area contributed by atoms with Crippen molar-refractivity contribution >= 4 is 0 Å². The van der Waals surface area contributed by atoms with E-state index in [9.17, 15) is 4.39 Å². The van der Waals surface area contributed by atoms with E-state index in [1.807, 2.05) is 6.07 Å². The van der Waals surface area contributed by atoms with Crippen LogP contribution in [0.1, 0.15) is 30.9 Å². The van der Waals surface area contributed by atoms with Gasteiger partial charge < -0.3 is 4.74 Å². The van der Waals surface area contributed by atoms with E-state index in [0.29, 0.717) is 12.1 Å². The van der Waals surface area contributed by atoms with Crippen LogP contribution < -0.4 is 0 Å². The highest BCUT2D eigenvalue weighted by atomic mass is 19.1. The zero-order chi connectivity index (χ0) is 13.9. The number of hydrogen-bond donors (Lipinski definition) is 0. The molecule has 2 rings (SSSR count). The number of hydrogen-bond acceptors (Lipinski definition) is 3. The van der Waals surface area contributed by atoms with Crippen molar-refractivity contribution in [1.29, 1.82) is 5.26 Å². The zero-order valence-corrected chi connectivity index (χ0v) is 11.4. The number of ether oxygens (including phenoxy) is 1. The Morgan fingerprint density at radius 3 is 3.00 bits per heavy atom. The van der Waals surface area contributed by atoms with E-state index in [2.05, 4.69) is 11.8 Å². The number of benzene rings is 1. The van der Waals surface area contributed by atoms with E-state index in [0.717, 1.165) is 25.9 Å². The predicted molar refractivity (Wildman–Crippen MR) is 71.0 cm³/mol. The Bertz CT molecular complexity index is 497. The van der Waals surface area contributed by atoms with E-state index in [1.165, 1.54) is 6.07 Å². The first-order valence-electron chi connectivity index (χ1n) is 6.53. The van der Waals surface area contributed by atoms with Crippen LogP contribution in [0.5, 0.6) is 0 Å². The molecule has 1 aliphatic rings. The normalized spacial score (nSPS) is 24.1. The molecule has 0 amide bonds. The summed E-state index contributed by atoms with van der Waals surface area (Å²) < 4.78 is 19.6. The maximum absolute atomic E-state index is 14.0. The van der Waals surface area contributed by atoms with Crippen LogP contribution in [0.15, 0.2) is 18.2 Å². The van der Waals surface area contributed by atoms with Crippen molar-refractivity contribution in [3.63, 3.8) is 0 Å². The second-order valence-corrected chi connectivity index (χ2v) is 5.36. The molecule has 3 nitrogen and oxygen atoms in total. The van der Waals surface area contributed by atoms with Gasteiger partial charge in [-0.3, -0.25) is 4.90 Å². The molecule has 4 heteroatoms. The molecule has 1 aromatic carbocycles. The Morgan fingerprint density at radius 2 is 2.32 bits per heavy atom. The standard InChI is InChI=1S/C15H19FN2O/c1-15(19-2)7-4-8-18(11-15)10-13-6-3-5-12(9-17)14(13)16/h3,5-6H,4,7-8,10-11H2,1-2H3. The first-order chi connectivity index (χ1) is 9.08. The van der Waals surface area contributed by atoms with Gasteiger partial charge in [0, 0.05) is 25.8 Å². The first-order valence-corrected chi connectivity index (χ1v) is 6.53. The summed E-state index contributed by atoms with van der Waals surface area (Å²) in [7, 11) is 1.72. The summed E-state index contributed by atoms with van der Waals surface area (Å²) in [5.74, 6) is -0.394. The first kappa shape index (κ1) is 14.0. The fraction of sp³-hybridized carbons (Fsp3) is 0.533. The predicted octanol–water partition coefficient (Wildman–Crippen LogP) is 2.70. The number of nitriles is 1. The molecule has 102 valence electrons. The Morgan fingerprint density at radius 1 is 1.53 bits per heavy atom. The summed E-state index contributed by atoms with van der Waals surface area (Å²) in [4.78, 5) is 2.19. The topological polar surface area (TPSA) is 36.3 Å². The van der Waals surface area contributed by atoms with E-state index in [-0.39, 0.29) is 11.2 Å². The lowest BCUT2D eigenvalue weighted by Crippen LogP contribution is -2.46. The zero-order valence-electron chi connectivity index (χ0n) is 11.4. The third-order valence-electron chi connectivity index (χ3n) is 3.82. The highest BCUT2D eigenvalue weighted by Gasteiger charge is 2.30. The molecule has 0 spiro atoms. The van der Waals surface area contributed by atoms with Crippen LogP contribution >= 0.6 is 0 Å². The van der Waals surface area contributed by atoms with Crippen molar-refractivity contribution in [2.45, 2.75) is 31.9 Å². The van der Waals surface area contributed by atoms with Gasteiger partial charge in [-0.1, -0.05) is 12.1 Å². The Kier molecular flexibility index (Phi) is 4.18. The van der Waals surface area contributed by atoms with Gasteiger partial charge >= 0.3 is 0 Å². The molecule has 0 aliphatic carbocycles. The smallest absolute Gasteiger partial charge is 0.145 e. The maximum atomic E-state index is 14.0. The average Bonchev–Trinajstić information content (AvgIpc) is 2.41. The summed E-state index contributed by atoms with van der Waals surface area (Å²) in [6, 6.07) is 6.87. The van der Waals surface area contributed by atoms with Crippen LogP contribution in [0.2, 0.25) is 0 Å². The van der Waals surface area contributed by atoms with Gasteiger partial charge in [-0.25, -0.2) is 4.39 Å². The van der Waals surface area contributed by atoms with Gasteiger partial charge in [0.1, 0.15) is 11.9 Å². The lowest BCUT2D eigenvalue weighted by Gasteiger charge is -2.39. The molecule has 1 saturated heterocycles. The second-order valence-electron chi connectivity index (χ2n) is 5.36. The van der Waals surface area contributed by atoms with Crippen molar-refractivity contribution in [2.75, 3.05) is 20.2 Å². The number of methoxy groups -OCH3 is 1. The second kappa shape index (κ2) is 5.68. The molecular formula is C15H19FN2O. The van der Waals surface area contributed by atoms with E-state index < -0.39 is 5.82 Å². The number of halogens is 1. The van der Waals surface area contributed by atoms with Crippen molar-refractivity contribution in [2.24, 2.45) is 0 Å². The molecule has 0 bridgehead atoms. The van der Waals surface area contributed by atoms with Crippen molar-refractivity contribution < 1.29 is 9.13 Å². The summed E-state index contributed by atoms with van der Waals surface area (Å²) in [6.07, 6.45) is 2.07. The van der Waals surface area contributed by atoms with Crippen LogP contribution in [0.25, 0.3) is 0 Å². The van der Waals surface area contributed by atoms with Gasteiger partial charge in [0.15, 0.2) is 0 Å². The van der Waals surface area contributed by atoms with Crippen molar-refractivity contribution in [3.05, 3.63) is 35.1 Å². The minimum Gasteiger partial charge on any atom is -0.377 e. The highest BCUT2D eigenvalue weighted by Crippen LogP contribution is 2.25.